The highest BCUT2D eigenvalue weighted by molar-refractivity contribution is 7.99. The van der Waals surface area contributed by atoms with E-state index in [0.29, 0.717) is 17.2 Å². The number of fused-ring (bicyclic) bond motifs is 6. The van der Waals surface area contributed by atoms with Crippen molar-refractivity contribution in [1.82, 2.24) is 0 Å². The summed E-state index contributed by atoms with van der Waals surface area (Å²) in [6.07, 6.45) is 0. The Morgan fingerprint density at radius 3 is 1.33 bits per heavy atom. The average molecular weight is 681 g/mol. The highest BCUT2D eigenvalue weighted by atomic mass is 32.2. The number of aryl methyl sites for hydroxylation is 6. The summed E-state index contributed by atoms with van der Waals surface area (Å²) < 4.78 is 20.3. The number of benzene rings is 6. The molecule has 0 aromatic heterocycles. The summed E-state index contributed by atoms with van der Waals surface area (Å²) >= 11 is 1.81. The molecule has 3 nitrogen and oxygen atoms in total. The molecule has 0 N–H and O–H groups in total. The third-order valence-electron chi connectivity index (χ3n) is 9.34. The van der Waals surface area contributed by atoms with Gasteiger partial charge in [-0.2, -0.15) is 0 Å². The first-order valence-electron chi connectivity index (χ1n) is 16.2. The zero-order valence-corrected chi connectivity index (χ0v) is 30.5. The quantitative estimate of drug-likeness (QED) is 0.170. The molecule has 48 heavy (non-hydrogen) atoms. The molecule has 2 unspecified atom stereocenters. The van der Waals surface area contributed by atoms with Gasteiger partial charge in [0.05, 0.1) is 9.79 Å². The first-order chi connectivity index (χ1) is 23.2. The normalized spacial score (nSPS) is 14.5. The van der Waals surface area contributed by atoms with E-state index in [1.54, 1.807) is 0 Å². The number of rotatable bonds is 2. The lowest BCUT2D eigenvalue weighted by molar-refractivity contribution is 0.457. The van der Waals surface area contributed by atoms with Crippen molar-refractivity contribution in [3.63, 3.8) is 0 Å². The van der Waals surface area contributed by atoms with Crippen LogP contribution in [0.25, 0.3) is 22.3 Å². The molecule has 0 saturated heterocycles. The topological polar surface area (TPSA) is 27.7 Å². The Bertz CT molecular complexity index is 2210. The van der Waals surface area contributed by atoms with Crippen LogP contribution in [0.4, 0.5) is 0 Å². The predicted molar refractivity (Wildman–Crippen MR) is 205 cm³/mol. The highest BCUT2D eigenvalue weighted by Crippen LogP contribution is 2.56. The Hall–Kier alpha value is -4.07. The van der Waals surface area contributed by atoms with Crippen molar-refractivity contribution in [2.24, 2.45) is 0 Å². The van der Waals surface area contributed by atoms with Crippen molar-refractivity contribution in [3.8, 4) is 56.8 Å². The van der Waals surface area contributed by atoms with E-state index in [4.69, 9.17) is 14.2 Å². The maximum atomic E-state index is 7.23. The van der Waals surface area contributed by atoms with Crippen molar-refractivity contribution in [2.75, 3.05) is 0 Å². The smallest absolute Gasteiger partial charge is 0.149 e. The summed E-state index contributed by atoms with van der Waals surface area (Å²) in [5.41, 5.74) is 12.0. The molecular formula is C42H34O3P2S. The molecule has 6 aromatic carbocycles. The summed E-state index contributed by atoms with van der Waals surface area (Å²) in [6.45, 7) is 13.1. The fourth-order valence-electron chi connectivity index (χ4n) is 7.09. The van der Waals surface area contributed by atoms with Crippen LogP contribution in [-0.4, -0.2) is 0 Å². The molecule has 236 valence electrons. The van der Waals surface area contributed by atoms with Gasteiger partial charge in [0.15, 0.2) is 0 Å². The van der Waals surface area contributed by atoms with Crippen LogP contribution in [-0.2, 0) is 0 Å². The van der Waals surface area contributed by atoms with E-state index in [1.165, 1.54) is 65.7 Å². The Morgan fingerprint density at radius 2 is 0.875 bits per heavy atom. The van der Waals surface area contributed by atoms with E-state index in [1.807, 2.05) is 11.8 Å². The molecule has 0 bridgehead atoms. The lowest BCUT2D eigenvalue weighted by atomic mass is 9.96. The summed E-state index contributed by atoms with van der Waals surface area (Å²) in [5, 5.41) is 4.98. The van der Waals surface area contributed by atoms with Gasteiger partial charge in [0.2, 0.25) is 0 Å². The van der Waals surface area contributed by atoms with Crippen LogP contribution >= 0.6 is 28.9 Å². The molecule has 9 rings (SSSR count). The van der Waals surface area contributed by atoms with Gasteiger partial charge in [0.25, 0.3) is 0 Å². The van der Waals surface area contributed by atoms with E-state index in [0.717, 1.165) is 55.4 Å². The third-order valence-corrected chi connectivity index (χ3v) is 13.2. The lowest BCUT2D eigenvalue weighted by Gasteiger charge is -2.30. The average Bonchev–Trinajstić information content (AvgIpc) is 3.05. The second-order valence-corrected chi connectivity index (χ2v) is 16.9. The van der Waals surface area contributed by atoms with E-state index < -0.39 is 0 Å². The van der Waals surface area contributed by atoms with Crippen LogP contribution in [0.15, 0.2) is 94.7 Å². The van der Waals surface area contributed by atoms with Gasteiger partial charge in [-0.05, 0) is 136 Å². The molecule has 0 fully saturated rings. The van der Waals surface area contributed by atoms with Gasteiger partial charge in [-0.1, -0.05) is 64.3 Å². The first kappa shape index (κ1) is 30.0. The summed E-state index contributed by atoms with van der Waals surface area (Å²) in [4.78, 5) is 2.28. The summed E-state index contributed by atoms with van der Waals surface area (Å²) in [6, 6.07) is 30.7. The fourth-order valence-corrected chi connectivity index (χ4v) is 11.4. The zero-order chi connectivity index (χ0) is 32.8. The minimum atomic E-state index is 0.493. The number of ether oxygens (including phenoxy) is 3. The van der Waals surface area contributed by atoms with Crippen LogP contribution in [0.2, 0.25) is 0 Å². The molecule has 0 amide bonds. The van der Waals surface area contributed by atoms with Crippen molar-refractivity contribution in [1.29, 1.82) is 0 Å². The lowest BCUT2D eigenvalue weighted by Crippen LogP contribution is -2.19. The van der Waals surface area contributed by atoms with E-state index in [-0.39, 0.29) is 0 Å². The van der Waals surface area contributed by atoms with E-state index in [9.17, 15) is 0 Å². The van der Waals surface area contributed by atoms with Gasteiger partial charge >= 0.3 is 0 Å². The zero-order valence-electron chi connectivity index (χ0n) is 27.7. The van der Waals surface area contributed by atoms with E-state index in [2.05, 4.69) is 126 Å². The maximum Gasteiger partial charge on any atom is 0.149 e. The molecule has 0 spiro atoms. The molecule has 6 heteroatoms. The molecule has 0 aliphatic carbocycles. The van der Waals surface area contributed by atoms with Crippen molar-refractivity contribution in [3.05, 3.63) is 118 Å². The second-order valence-electron chi connectivity index (χ2n) is 13.2. The molecule has 3 aliphatic heterocycles. The van der Waals surface area contributed by atoms with Gasteiger partial charge in [0.1, 0.15) is 34.5 Å². The van der Waals surface area contributed by atoms with Crippen molar-refractivity contribution in [2.45, 2.75) is 51.3 Å². The minimum absolute atomic E-state index is 0.493. The monoisotopic (exact) mass is 680 g/mol. The molecule has 2 atom stereocenters. The van der Waals surface area contributed by atoms with Crippen LogP contribution in [0, 0.1) is 41.5 Å². The van der Waals surface area contributed by atoms with Gasteiger partial charge in [-0.15, -0.1) is 0 Å². The number of hydrogen-bond acceptors (Lipinski definition) is 4. The summed E-state index contributed by atoms with van der Waals surface area (Å²) in [5.74, 6) is 5.62. The van der Waals surface area contributed by atoms with Crippen LogP contribution in [0.3, 0.4) is 0 Å². The Balaban J connectivity index is 1.21. The number of hydrogen-bond donors (Lipinski definition) is 0. The molecular weight excluding hydrogens is 646 g/mol. The molecule has 3 heterocycles. The predicted octanol–water partition coefficient (Wildman–Crippen LogP) is 10.6. The van der Waals surface area contributed by atoms with Crippen LogP contribution in [0.5, 0.6) is 34.5 Å². The second kappa shape index (κ2) is 11.2. The standard InChI is InChI=1S/C42H34O3P2S/c1-21-7-11-29-33(17-21)46-41-31(43-29)13-9-25(5)37(41)27-15-23(3)19-35-39(27)45-40-28(16-24(4)20-36(40)48-35)38-26(6)10-14-32-42(38)47-34-18-22(2)8-12-30(34)44-32/h7-20,46-47H,1-6H3. The van der Waals surface area contributed by atoms with Crippen LogP contribution < -0.4 is 35.4 Å². The molecule has 3 aliphatic rings. The fraction of sp³-hybridized carbons (Fsp3) is 0.143. The highest BCUT2D eigenvalue weighted by Gasteiger charge is 2.31. The molecule has 0 saturated carbocycles. The van der Waals surface area contributed by atoms with Gasteiger partial charge in [-0.25, -0.2) is 0 Å². The SMILES string of the molecule is Cc1ccc2c(c1)Pc1c(ccc(C)c1-c1cc(C)cc3c1Oc1c(cc(C)cc1-c1c(C)ccc4c1Pc1cc(C)ccc1O4)S3)O2. The van der Waals surface area contributed by atoms with Crippen molar-refractivity contribution >= 4 is 50.1 Å². The third kappa shape index (κ3) is 4.88. The minimum Gasteiger partial charge on any atom is -0.456 e. The summed E-state index contributed by atoms with van der Waals surface area (Å²) in [7, 11) is 0.986. The maximum absolute atomic E-state index is 7.23. The van der Waals surface area contributed by atoms with Gasteiger partial charge < -0.3 is 14.2 Å². The first-order valence-corrected chi connectivity index (χ1v) is 19.1. The Morgan fingerprint density at radius 1 is 0.438 bits per heavy atom. The van der Waals surface area contributed by atoms with E-state index >= 15 is 0 Å². The largest absolute Gasteiger partial charge is 0.456 e. The van der Waals surface area contributed by atoms with Crippen molar-refractivity contribution < 1.29 is 14.2 Å². The molecule has 6 aromatic rings. The van der Waals surface area contributed by atoms with Gasteiger partial charge in [-0.3, -0.25) is 0 Å². The van der Waals surface area contributed by atoms with Crippen LogP contribution in [0.1, 0.15) is 33.4 Å². The Kier molecular flexibility index (Phi) is 7.03. The van der Waals surface area contributed by atoms with Gasteiger partial charge in [0, 0.05) is 32.3 Å². The molecule has 0 radical (unpaired) electrons. The Labute approximate surface area is 289 Å².